The maximum absolute atomic E-state index is 12.8. The highest BCUT2D eigenvalue weighted by molar-refractivity contribution is 5.71. The van der Waals surface area contributed by atoms with Crippen LogP contribution in [0.4, 0.5) is 0 Å². The van der Waals surface area contributed by atoms with Crippen LogP contribution in [0.25, 0.3) is 0 Å². The average Bonchev–Trinajstić information content (AvgIpc) is 3.28. The fourth-order valence-electron chi connectivity index (χ4n) is 6.94. The second kappa shape index (κ2) is 51.2. The van der Waals surface area contributed by atoms with Gasteiger partial charge in [0.05, 0.1) is 0 Å². The Morgan fingerprint density at radius 3 is 0.952 bits per heavy atom. The smallest absolute Gasteiger partial charge is 0.306 e. The Hall–Kier alpha value is -3.41. The number of esters is 3. The molecule has 6 nitrogen and oxygen atoms in total. The van der Waals surface area contributed by atoms with Crippen LogP contribution in [0.1, 0.15) is 239 Å². The minimum absolute atomic E-state index is 0.107. The summed E-state index contributed by atoms with van der Waals surface area (Å²) in [5, 5.41) is 0. The molecule has 0 spiro atoms. The standard InChI is InChI=1S/C57H96O6/c1-4-7-10-13-16-19-22-24-26-28-29-31-32-35-38-41-44-47-50-56(59)62-53-54(52-61-55(58)49-46-43-40-37-34-21-18-15-12-9-6-3)63-57(60)51-48-45-42-39-36-33-30-27-25-23-20-17-14-11-8-5-2/h15,18,21-22,24,26-31,33-34,36,54H,4-14,16-17,19-20,23,25,32,35,37-53H2,1-3H3/b18-15-,24-22-,28-26-,30-27-,31-29-,34-21-,36-33-. The molecule has 0 amide bonds. The lowest BCUT2D eigenvalue weighted by Crippen LogP contribution is -2.30. The van der Waals surface area contributed by atoms with Crippen LogP contribution in [0.5, 0.6) is 0 Å². The second-order valence-electron chi connectivity index (χ2n) is 17.2. The van der Waals surface area contributed by atoms with E-state index in [0.29, 0.717) is 12.8 Å². The second-order valence-corrected chi connectivity index (χ2v) is 17.2. The van der Waals surface area contributed by atoms with Crippen LogP contribution in [-0.4, -0.2) is 37.2 Å². The molecule has 0 N–H and O–H groups in total. The molecule has 63 heavy (non-hydrogen) atoms. The van der Waals surface area contributed by atoms with E-state index in [9.17, 15) is 14.4 Å². The Labute approximate surface area is 388 Å². The molecule has 0 bridgehead atoms. The van der Waals surface area contributed by atoms with Gasteiger partial charge in [-0.2, -0.15) is 0 Å². The van der Waals surface area contributed by atoms with Gasteiger partial charge < -0.3 is 14.2 Å². The normalized spacial score (nSPS) is 12.7. The highest BCUT2D eigenvalue weighted by Crippen LogP contribution is 2.13. The van der Waals surface area contributed by atoms with E-state index in [4.69, 9.17) is 14.2 Å². The molecule has 0 rings (SSSR count). The molecule has 0 fully saturated rings. The number of unbranched alkanes of at least 4 members (excludes halogenated alkanes) is 25. The Balaban J connectivity index is 4.48. The molecule has 0 saturated heterocycles. The zero-order chi connectivity index (χ0) is 45.8. The summed E-state index contributed by atoms with van der Waals surface area (Å²) >= 11 is 0. The minimum Gasteiger partial charge on any atom is -0.462 e. The van der Waals surface area contributed by atoms with Gasteiger partial charge in [-0.3, -0.25) is 14.4 Å². The number of rotatable bonds is 46. The summed E-state index contributed by atoms with van der Waals surface area (Å²) in [6, 6.07) is 0. The first-order chi connectivity index (χ1) is 31.0. The van der Waals surface area contributed by atoms with Crippen LogP contribution >= 0.6 is 0 Å². The van der Waals surface area contributed by atoms with Gasteiger partial charge in [-0.05, 0) is 89.9 Å². The van der Waals surface area contributed by atoms with Crippen LogP contribution in [0.2, 0.25) is 0 Å². The molecule has 0 aliphatic rings. The lowest BCUT2D eigenvalue weighted by Gasteiger charge is -2.18. The van der Waals surface area contributed by atoms with Crippen molar-refractivity contribution < 1.29 is 28.6 Å². The van der Waals surface area contributed by atoms with Crippen molar-refractivity contribution in [2.24, 2.45) is 0 Å². The molecule has 6 heteroatoms. The van der Waals surface area contributed by atoms with E-state index in [1.54, 1.807) is 0 Å². The van der Waals surface area contributed by atoms with E-state index in [-0.39, 0.29) is 37.5 Å². The van der Waals surface area contributed by atoms with Gasteiger partial charge in [0, 0.05) is 19.3 Å². The number of carbonyl (C=O) groups excluding carboxylic acids is 3. The molecule has 1 unspecified atom stereocenters. The van der Waals surface area contributed by atoms with E-state index >= 15 is 0 Å². The predicted octanol–water partition coefficient (Wildman–Crippen LogP) is 17.2. The Morgan fingerprint density at radius 2 is 0.587 bits per heavy atom. The number of hydrogen-bond acceptors (Lipinski definition) is 6. The zero-order valence-corrected chi connectivity index (χ0v) is 41.1. The largest absolute Gasteiger partial charge is 0.462 e. The summed E-state index contributed by atoms with van der Waals surface area (Å²) < 4.78 is 16.7. The summed E-state index contributed by atoms with van der Waals surface area (Å²) in [5.41, 5.74) is 0. The molecular weight excluding hydrogens is 781 g/mol. The van der Waals surface area contributed by atoms with Crippen molar-refractivity contribution in [3.05, 3.63) is 85.1 Å². The average molecular weight is 877 g/mol. The lowest BCUT2D eigenvalue weighted by molar-refractivity contribution is -0.167. The summed E-state index contributed by atoms with van der Waals surface area (Å²) in [5.74, 6) is -0.982. The molecule has 0 radical (unpaired) electrons. The molecule has 0 aromatic heterocycles. The number of carbonyl (C=O) groups is 3. The molecule has 0 aromatic carbocycles. The first kappa shape index (κ1) is 59.6. The van der Waals surface area contributed by atoms with Gasteiger partial charge in [-0.25, -0.2) is 0 Å². The monoisotopic (exact) mass is 877 g/mol. The molecule has 0 heterocycles. The molecule has 360 valence electrons. The number of allylic oxidation sites excluding steroid dienone is 14. The maximum atomic E-state index is 12.8. The van der Waals surface area contributed by atoms with Crippen molar-refractivity contribution >= 4 is 17.9 Å². The predicted molar refractivity (Wildman–Crippen MR) is 270 cm³/mol. The third-order valence-corrected chi connectivity index (χ3v) is 11.0. The maximum Gasteiger partial charge on any atom is 0.306 e. The van der Waals surface area contributed by atoms with Crippen molar-refractivity contribution in [2.75, 3.05) is 13.2 Å². The van der Waals surface area contributed by atoms with Crippen LogP contribution in [-0.2, 0) is 28.6 Å². The highest BCUT2D eigenvalue weighted by atomic mass is 16.6. The van der Waals surface area contributed by atoms with Crippen LogP contribution in [0.3, 0.4) is 0 Å². The van der Waals surface area contributed by atoms with E-state index in [1.165, 1.54) is 89.9 Å². The number of ether oxygens (including phenoxy) is 3. The highest BCUT2D eigenvalue weighted by Gasteiger charge is 2.19. The van der Waals surface area contributed by atoms with E-state index in [1.807, 2.05) is 0 Å². The quantitative estimate of drug-likeness (QED) is 0.0262. The Bertz CT molecular complexity index is 1240. The fourth-order valence-corrected chi connectivity index (χ4v) is 6.94. The van der Waals surface area contributed by atoms with Gasteiger partial charge in [0.2, 0.25) is 0 Å². The van der Waals surface area contributed by atoms with Gasteiger partial charge in [-0.15, -0.1) is 0 Å². The van der Waals surface area contributed by atoms with Crippen molar-refractivity contribution in [1.29, 1.82) is 0 Å². The first-order valence-corrected chi connectivity index (χ1v) is 26.2. The SMILES string of the molecule is CCCC/C=C\C=C/CCCCCC(=O)OCC(COC(=O)CCCCCCC\C=C/C=C\C=C/CCCCCCC)OC(=O)CCCCC/C=C\C=C/CCCCCCCCC. The van der Waals surface area contributed by atoms with Gasteiger partial charge in [-0.1, -0.05) is 215 Å². The first-order valence-electron chi connectivity index (χ1n) is 26.2. The summed E-state index contributed by atoms with van der Waals surface area (Å²) in [7, 11) is 0. The lowest BCUT2D eigenvalue weighted by atomic mass is 10.1. The Morgan fingerprint density at radius 1 is 0.317 bits per heavy atom. The summed E-state index contributed by atoms with van der Waals surface area (Å²) in [6.07, 6.45) is 65.7. The van der Waals surface area contributed by atoms with E-state index < -0.39 is 6.10 Å². The third kappa shape index (κ3) is 49.5. The molecule has 0 aromatic rings. The van der Waals surface area contributed by atoms with Crippen LogP contribution < -0.4 is 0 Å². The molecule has 0 aliphatic heterocycles. The van der Waals surface area contributed by atoms with Crippen LogP contribution in [0.15, 0.2) is 85.1 Å². The minimum atomic E-state index is -0.809. The summed E-state index contributed by atoms with van der Waals surface area (Å²) in [4.78, 5) is 37.9. The number of hydrogen-bond donors (Lipinski definition) is 0. The topological polar surface area (TPSA) is 78.9 Å². The summed E-state index contributed by atoms with van der Waals surface area (Å²) in [6.45, 7) is 6.49. The molecule has 0 saturated carbocycles. The van der Waals surface area contributed by atoms with E-state index in [0.717, 1.165) is 109 Å². The third-order valence-electron chi connectivity index (χ3n) is 11.0. The van der Waals surface area contributed by atoms with Crippen LogP contribution in [0, 0.1) is 0 Å². The van der Waals surface area contributed by atoms with Crippen molar-refractivity contribution in [2.45, 2.75) is 245 Å². The van der Waals surface area contributed by atoms with Gasteiger partial charge in [0.15, 0.2) is 6.10 Å². The van der Waals surface area contributed by atoms with Gasteiger partial charge in [0.25, 0.3) is 0 Å². The van der Waals surface area contributed by atoms with Crippen molar-refractivity contribution in [1.82, 2.24) is 0 Å². The Kier molecular flexibility index (Phi) is 48.5. The zero-order valence-electron chi connectivity index (χ0n) is 41.1. The molecule has 0 aliphatic carbocycles. The molecule has 1 atom stereocenters. The molecular formula is C57H96O6. The van der Waals surface area contributed by atoms with E-state index in [2.05, 4.69) is 106 Å². The fraction of sp³-hybridized carbons (Fsp3) is 0.702. The van der Waals surface area contributed by atoms with Gasteiger partial charge >= 0.3 is 17.9 Å². The van der Waals surface area contributed by atoms with Crippen molar-refractivity contribution in [3.8, 4) is 0 Å². The van der Waals surface area contributed by atoms with Gasteiger partial charge in [0.1, 0.15) is 13.2 Å². The van der Waals surface area contributed by atoms with Crippen molar-refractivity contribution in [3.63, 3.8) is 0 Å².